The molecule has 1 amide bonds. The maximum absolute atomic E-state index is 11.8. The van der Waals surface area contributed by atoms with Crippen LogP contribution in [0.5, 0.6) is 5.75 Å². The van der Waals surface area contributed by atoms with Gasteiger partial charge in [0, 0.05) is 12.1 Å². The van der Waals surface area contributed by atoms with E-state index in [0.29, 0.717) is 6.42 Å². The number of unbranched alkanes of at least 4 members (excludes halogenated alkanes) is 3. The van der Waals surface area contributed by atoms with Crippen molar-refractivity contribution in [2.75, 3.05) is 11.9 Å². The van der Waals surface area contributed by atoms with E-state index in [1.54, 1.807) is 0 Å². The third kappa shape index (κ3) is 8.90. The quantitative estimate of drug-likeness (QED) is 0.634. The van der Waals surface area contributed by atoms with Crippen LogP contribution >= 0.6 is 12.4 Å². The van der Waals surface area contributed by atoms with Gasteiger partial charge in [-0.2, -0.15) is 0 Å². The molecule has 126 valence electrons. The molecular weight excluding hydrogens is 300 g/mol. The summed E-state index contributed by atoms with van der Waals surface area (Å²) in [6, 6.07) is 7.54. The Balaban J connectivity index is 0.00000441. The lowest BCUT2D eigenvalue weighted by atomic mass is 10.1. The number of benzene rings is 1. The zero-order valence-corrected chi connectivity index (χ0v) is 14.5. The molecule has 0 bridgehead atoms. The van der Waals surface area contributed by atoms with Crippen LogP contribution in [0.4, 0.5) is 5.69 Å². The molecule has 5 heteroatoms. The number of carbonyl (C=O) groups excluding carboxylic acids is 1. The van der Waals surface area contributed by atoms with E-state index in [1.165, 1.54) is 0 Å². The number of nitrogens with two attached hydrogens (primary N) is 1. The number of hydrogen-bond donors (Lipinski definition) is 2. The van der Waals surface area contributed by atoms with Gasteiger partial charge >= 0.3 is 0 Å². The maximum Gasteiger partial charge on any atom is 0.224 e. The topological polar surface area (TPSA) is 64.3 Å². The fourth-order valence-corrected chi connectivity index (χ4v) is 1.94. The van der Waals surface area contributed by atoms with Crippen LogP contribution in [0.3, 0.4) is 0 Å². The van der Waals surface area contributed by atoms with Gasteiger partial charge in [0.05, 0.1) is 6.10 Å². The highest BCUT2D eigenvalue weighted by Gasteiger charge is 2.04. The number of carbonyl (C=O) groups is 1. The second kappa shape index (κ2) is 12.3. The number of anilines is 1. The lowest BCUT2D eigenvalue weighted by molar-refractivity contribution is -0.116. The monoisotopic (exact) mass is 328 g/mol. The first-order valence-electron chi connectivity index (χ1n) is 7.92. The highest BCUT2D eigenvalue weighted by atomic mass is 35.5. The Morgan fingerprint density at radius 2 is 1.82 bits per heavy atom. The second-order valence-electron chi connectivity index (χ2n) is 5.36. The third-order valence-corrected chi connectivity index (χ3v) is 3.41. The largest absolute Gasteiger partial charge is 0.491 e. The van der Waals surface area contributed by atoms with Crippen LogP contribution in [0.15, 0.2) is 24.3 Å². The summed E-state index contributed by atoms with van der Waals surface area (Å²) in [7, 11) is 0. The Morgan fingerprint density at radius 1 is 1.18 bits per heavy atom. The summed E-state index contributed by atoms with van der Waals surface area (Å²) < 4.78 is 5.70. The molecule has 0 saturated carbocycles. The average molecular weight is 329 g/mol. The molecule has 22 heavy (non-hydrogen) atoms. The lowest BCUT2D eigenvalue weighted by Crippen LogP contribution is -2.12. The van der Waals surface area contributed by atoms with Gasteiger partial charge in [0.1, 0.15) is 5.75 Å². The van der Waals surface area contributed by atoms with Gasteiger partial charge in [-0.25, -0.2) is 0 Å². The third-order valence-electron chi connectivity index (χ3n) is 3.41. The van der Waals surface area contributed by atoms with Gasteiger partial charge < -0.3 is 15.8 Å². The minimum Gasteiger partial charge on any atom is -0.491 e. The first kappa shape index (κ1) is 20.7. The Bertz CT molecular complexity index is 410. The molecule has 1 rings (SSSR count). The first-order chi connectivity index (χ1) is 10.2. The van der Waals surface area contributed by atoms with Crippen molar-refractivity contribution in [3.63, 3.8) is 0 Å². The zero-order chi connectivity index (χ0) is 15.5. The zero-order valence-electron chi connectivity index (χ0n) is 13.6. The summed E-state index contributed by atoms with van der Waals surface area (Å²) in [6.07, 6.45) is 5.87. The highest BCUT2D eigenvalue weighted by Crippen LogP contribution is 2.18. The molecule has 0 aliphatic carbocycles. The van der Waals surface area contributed by atoms with Crippen molar-refractivity contribution in [3.8, 4) is 5.75 Å². The number of rotatable bonds is 10. The van der Waals surface area contributed by atoms with E-state index >= 15 is 0 Å². The van der Waals surface area contributed by atoms with E-state index in [-0.39, 0.29) is 24.4 Å². The van der Waals surface area contributed by atoms with Crippen molar-refractivity contribution in [2.45, 2.75) is 58.5 Å². The van der Waals surface area contributed by atoms with E-state index in [0.717, 1.165) is 50.1 Å². The molecule has 0 aliphatic rings. The molecule has 0 fully saturated rings. The smallest absolute Gasteiger partial charge is 0.224 e. The molecule has 4 nitrogen and oxygen atoms in total. The highest BCUT2D eigenvalue weighted by molar-refractivity contribution is 5.90. The van der Waals surface area contributed by atoms with Gasteiger partial charge in [0.2, 0.25) is 5.91 Å². The van der Waals surface area contributed by atoms with Gasteiger partial charge in [-0.15, -0.1) is 12.4 Å². The van der Waals surface area contributed by atoms with Crippen LogP contribution in [0.25, 0.3) is 0 Å². The van der Waals surface area contributed by atoms with Crippen molar-refractivity contribution < 1.29 is 9.53 Å². The van der Waals surface area contributed by atoms with Crippen LogP contribution < -0.4 is 15.8 Å². The molecule has 0 spiro atoms. The fraction of sp³-hybridized carbons (Fsp3) is 0.588. The van der Waals surface area contributed by atoms with Gasteiger partial charge in [-0.1, -0.05) is 19.8 Å². The SMILES string of the molecule is CCC(C)Oc1ccc(NC(=O)CCCCCCN)cc1.Cl. The van der Waals surface area contributed by atoms with Crippen LogP contribution in [0, 0.1) is 0 Å². The normalized spacial score (nSPS) is 11.4. The molecule has 1 aromatic carbocycles. The Hall–Kier alpha value is -1.26. The first-order valence-corrected chi connectivity index (χ1v) is 7.92. The fourth-order valence-electron chi connectivity index (χ4n) is 1.94. The molecule has 1 aromatic rings. The van der Waals surface area contributed by atoms with Crippen molar-refractivity contribution >= 4 is 24.0 Å². The maximum atomic E-state index is 11.8. The molecule has 0 aliphatic heterocycles. The van der Waals surface area contributed by atoms with E-state index in [4.69, 9.17) is 10.5 Å². The van der Waals surface area contributed by atoms with E-state index in [1.807, 2.05) is 31.2 Å². The van der Waals surface area contributed by atoms with Crippen LogP contribution in [-0.2, 0) is 4.79 Å². The summed E-state index contributed by atoms with van der Waals surface area (Å²) in [6.45, 7) is 4.87. The summed E-state index contributed by atoms with van der Waals surface area (Å²) in [4.78, 5) is 11.8. The van der Waals surface area contributed by atoms with Crippen molar-refractivity contribution in [3.05, 3.63) is 24.3 Å². The molecule has 0 radical (unpaired) electrons. The molecule has 3 N–H and O–H groups in total. The predicted molar refractivity (Wildman–Crippen MR) is 94.8 cm³/mol. The van der Waals surface area contributed by atoms with Crippen molar-refractivity contribution in [1.82, 2.24) is 0 Å². The number of nitrogens with one attached hydrogen (secondary N) is 1. The Morgan fingerprint density at radius 3 is 2.41 bits per heavy atom. The summed E-state index contributed by atoms with van der Waals surface area (Å²) >= 11 is 0. The molecule has 1 atom stereocenters. The lowest BCUT2D eigenvalue weighted by Gasteiger charge is -2.13. The molecule has 0 saturated heterocycles. The van der Waals surface area contributed by atoms with Crippen LogP contribution in [-0.4, -0.2) is 18.6 Å². The summed E-state index contributed by atoms with van der Waals surface area (Å²) in [5.41, 5.74) is 6.25. The summed E-state index contributed by atoms with van der Waals surface area (Å²) in [5, 5.41) is 2.91. The second-order valence-corrected chi connectivity index (χ2v) is 5.36. The predicted octanol–water partition coefficient (Wildman–Crippen LogP) is 4.13. The van der Waals surface area contributed by atoms with Gasteiger partial charge in [-0.05, 0) is 57.0 Å². The number of ether oxygens (including phenoxy) is 1. The molecule has 0 aromatic heterocycles. The standard InChI is InChI=1S/C17H28N2O2.ClH/c1-3-14(2)21-16-11-9-15(10-12-16)19-17(20)8-6-4-5-7-13-18;/h9-12,14H,3-8,13,18H2,1-2H3,(H,19,20);1H. The molecule has 1 unspecified atom stereocenters. The summed E-state index contributed by atoms with van der Waals surface area (Å²) in [5.74, 6) is 0.905. The van der Waals surface area contributed by atoms with Gasteiger partial charge in [-0.3, -0.25) is 4.79 Å². The van der Waals surface area contributed by atoms with E-state index < -0.39 is 0 Å². The molecule has 0 heterocycles. The minimum absolute atomic E-state index is 0. The van der Waals surface area contributed by atoms with Crippen molar-refractivity contribution in [2.24, 2.45) is 5.73 Å². The van der Waals surface area contributed by atoms with Crippen molar-refractivity contribution in [1.29, 1.82) is 0 Å². The number of amides is 1. The van der Waals surface area contributed by atoms with Crippen LogP contribution in [0.1, 0.15) is 52.4 Å². The number of halogens is 1. The van der Waals surface area contributed by atoms with Crippen LogP contribution in [0.2, 0.25) is 0 Å². The minimum atomic E-state index is 0. The molecular formula is C17H29ClN2O2. The Kier molecular flexibility index (Phi) is 11.6. The van der Waals surface area contributed by atoms with E-state index in [9.17, 15) is 4.79 Å². The van der Waals surface area contributed by atoms with Gasteiger partial charge in [0.15, 0.2) is 0 Å². The Labute approximate surface area is 140 Å². The van der Waals surface area contributed by atoms with E-state index in [2.05, 4.69) is 12.2 Å². The average Bonchev–Trinajstić information content (AvgIpc) is 2.49. The number of hydrogen-bond acceptors (Lipinski definition) is 3. The van der Waals surface area contributed by atoms with Gasteiger partial charge in [0.25, 0.3) is 0 Å².